The zero-order valence-corrected chi connectivity index (χ0v) is 15.9. The molecule has 0 aliphatic carbocycles. The first kappa shape index (κ1) is 15.9. The third-order valence-electron chi connectivity index (χ3n) is 4.67. The van der Waals surface area contributed by atoms with Crippen molar-refractivity contribution in [3.8, 4) is 11.5 Å². The number of hydrazone groups is 1. The summed E-state index contributed by atoms with van der Waals surface area (Å²) in [5.74, 6) is 1.67. The van der Waals surface area contributed by atoms with Gasteiger partial charge in [0.25, 0.3) is 0 Å². The van der Waals surface area contributed by atoms with E-state index in [1.165, 1.54) is 4.88 Å². The van der Waals surface area contributed by atoms with Crippen LogP contribution in [0.5, 0.6) is 11.5 Å². The summed E-state index contributed by atoms with van der Waals surface area (Å²) in [6.07, 6.45) is 0.667. The predicted octanol–water partition coefficient (Wildman–Crippen LogP) is 5.45. The molecular weight excluding hydrogens is 364 g/mol. The minimum absolute atomic E-state index is 0.170. The van der Waals surface area contributed by atoms with Crippen LogP contribution in [0.3, 0.4) is 0 Å². The first-order chi connectivity index (χ1) is 12.8. The molecule has 0 unspecified atom stereocenters. The molecule has 0 fully saturated rings. The Bertz CT molecular complexity index is 935. The Balaban J connectivity index is 1.61. The Kier molecular flexibility index (Phi) is 3.94. The predicted molar refractivity (Wildman–Crippen MR) is 105 cm³/mol. The van der Waals surface area contributed by atoms with E-state index in [0.717, 1.165) is 34.1 Å². The van der Waals surface area contributed by atoms with Crippen molar-refractivity contribution in [3.05, 3.63) is 68.5 Å². The molecular formula is C20H18N2O2S2. The van der Waals surface area contributed by atoms with Gasteiger partial charge in [0, 0.05) is 12.0 Å². The molecule has 2 aromatic heterocycles. The molecule has 4 heterocycles. The highest BCUT2D eigenvalue weighted by molar-refractivity contribution is 7.12. The maximum Gasteiger partial charge on any atom is 0.223 e. The third-order valence-corrected chi connectivity index (χ3v) is 6.49. The van der Waals surface area contributed by atoms with E-state index in [1.807, 2.05) is 19.1 Å². The lowest BCUT2D eigenvalue weighted by Crippen LogP contribution is -2.33. The summed E-state index contributed by atoms with van der Waals surface area (Å²) < 4.78 is 12.3. The highest BCUT2D eigenvalue weighted by Gasteiger charge is 2.42. The highest BCUT2D eigenvalue weighted by atomic mass is 32.1. The van der Waals surface area contributed by atoms with Crippen LogP contribution >= 0.6 is 22.7 Å². The smallest absolute Gasteiger partial charge is 0.223 e. The molecule has 4 nitrogen and oxygen atoms in total. The molecule has 0 saturated carbocycles. The fraction of sp³-hybridized carbons (Fsp3) is 0.250. The van der Waals surface area contributed by atoms with Crippen LogP contribution in [0.4, 0.5) is 0 Å². The number of nitrogens with zero attached hydrogens (tertiary/aromatic N) is 2. The van der Waals surface area contributed by atoms with Crippen LogP contribution in [0.2, 0.25) is 0 Å². The van der Waals surface area contributed by atoms with Gasteiger partial charge in [-0.1, -0.05) is 24.3 Å². The zero-order chi connectivity index (χ0) is 17.5. The maximum absolute atomic E-state index is 6.45. The molecule has 0 saturated heterocycles. The quantitative estimate of drug-likeness (QED) is 0.602. The van der Waals surface area contributed by atoms with Gasteiger partial charge in [-0.15, -0.1) is 22.7 Å². The van der Waals surface area contributed by atoms with Gasteiger partial charge in [-0.05, 0) is 35.9 Å². The molecule has 2 atom stereocenters. The standard InChI is InChI=1S/C20H18N2O2S2/c1-2-23-16-7-3-6-13-15-12-14(17-8-4-10-25-17)21-22(15)20(24-19(13)16)18-9-5-11-26-18/h3-11,15,20H,2,12H2,1H3/t15-,20-/m1/s1. The van der Waals surface area contributed by atoms with E-state index in [1.54, 1.807) is 22.7 Å². The number of para-hydroxylation sites is 1. The first-order valence-electron chi connectivity index (χ1n) is 8.70. The van der Waals surface area contributed by atoms with Crippen LogP contribution in [0.25, 0.3) is 0 Å². The molecule has 2 aliphatic heterocycles. The van der Waals surface area contributed by atoms with E-state index in [9.17, 15) is 0 Å². The topological polar surface area (TPSA) is 34.1 Å². The number of rotatable bonds is 4. The molecule has 1 aromatic carbocycles. The maximum atomic E-state index is 6.45. The molecule has 0 N–H and O–H groups in total. The first-order valence-corrected chi connectivity index (χ1v) is 10.5. The van der Waals surface area contributed by atoms with Gasteiger partial charge in [-0.3, -0.25) is 0 Å². The van der Waals surface area contributed by atoms with Crippen LogP contribution < -0.4 is 9.47 Å². The number of thiophene rings is 2. The number of ether oxygens (including phenoxy) is 2. The fourth-order valence-corrected chi connectivity index (χ4v) is 5.03. The Morgan fingerprint density at radius 2 is 2.04 bits per heavy atom. The van der Waals surface area contributed by atoms with Crippen molar-refractivity contribution in [1.29, 1.82) is 0 Å². The molecule has 0 amide bonds. The Labute approximate surface area is 160 Å². The summed E-state index contributed by atoms with van der Waals surface area (Å²) in [4.78, 5) is 2.38. The number of fused-ring (bicyclic) bond motifs is 3. The SMILES string of the molecule is CCOc1cccc2c1O[C@H](c1cccs1)N1N=C(c3cccs3)C[C@H]21. The van der Waals surface area contributed by atoms with E-state index in [0.29, 0.717) is 6.61 Å². The second-order valence-electron chi connectivity index (χ2n) is 6.22. The van der Waals surface area contributed by atoms with Crippen molar-refractivity contribution < 1.29 is 9.47 Å². The van der Waals surface area contributed by atoms with Gasteiger partial charge in [0.2, 0.25) is 6.23 Å². The second kappa shape index (κ2) is 6.45. The molecule has 3 aromatic rings. The second-order valence-corrected chi connectivity index (χ2v) is 8.14. The lowest BCUT2D eigenvalue weighted by atomic mass is 9.98. The van der Waals surface area contributed by atoms with Gasteiger partial charge < -0.3 is 9.47 Å². The van der Waals surface area contributed by atoms with Crippen LogP contribution in [-0.4, -0.2) is 17.3 Å². The molecule has 132 valence electrons. The molecule has 0 bridgehead atoms. The Morgan fingerprint density at radius 1 is 1.15 bits per heavy atom. The summed E-state index contributed by atoms with van der Waals surface area (Å²) in [6, 6.07) is 14.7. The van der Waals surface area contributed by atoms with Gasteiger partial charge >= 0.3 is 0 Å². The van der Waals surface area contributed by atoms with Gasteiger partial charge in [0.1, 0.15) is 0 Å². The number of hydrogen-bond acceptors (Lipinski definition) is 6. The van der Waals surface area contributed by atoms with E-state index >= 15 is 0 Å². The van der Waals surface area contributed by atoms with Crippen LogP contribution in [0, 0.1) is 0 Å². The number of benzene rings is 1. The summed E-state index contributed by atoms with van der Waals surface area (Å²) >= 11 is 3.43. The molecule has 2 aliphatic rings. The zero-order valence-electron chi connectivity index (χ0n) is 14.3. The molecule has 5 rings (SSSR count). The summed E-state index contributed by atoms with van der Waals surface area (Å²) in [5.41, 5.74) is 2.28. The van der Waals surface area contributed by atoms with Crippen molar-refractivity contribution in [3.63, 3.8) is 0 Å². The van der Waals surface area contributed by atoms with Crippen molar-refractivity contribution in [1.82, 2.24) is 5.01 Å². The summed E-state index contributed by atoms with van der Waals surface area (Å²) in [6.45, 7) is 2.62. The van der Waals surface area contributed by atoms with Crippen molar-refractivity contribution in [2.45, 2.75) is 25.6 Å². The van der Waals surface area contributed by atoms with Crippen LogP contribution in [-0.2, 0) is 0 Å². The minimum Gasteiger partial charge on any atom is -0.490 e. The molecule has 26 heavy (non-hydrogen) atoms. The van der Waals surface area contributed by atoms with Gasteiger partial charge in [-0.2, -0.15) is 5.10 Å². The summed E-state index contributed by atoms with van der Waals surface area (Å²) in [7, 11) is 0. The highest BCUT2D eigenvalue weighted by Crippen LogP contribution is 2.51. The largest absolute Gasteiger partial charge is 0.490 e. The van der Waals surface area contributed by atoms with Crippen molar-refractivity contribution in [2.75, 3.05) is 6.61 Å². The fourth-order valence-electron chi connectivity index (χ4n) is 3.56. The minimum atomic E-state index is -0.216. The lowest BCUT2D eigenvalue weighted by molar-refractivity contribution is -0.0188. The van der Waals surface area contributed by atoms with Crippen LogP contribution in [0.15, 0.2) is 58.3 Å². The van der Waals surface area contributed by atoms with Gasteiger partial charge in [-0.25, -0.2) is 5.01 Å². The van der Waals surface area contributed by atoms with E-state index < -0.39 is 0 Å². The van der Waals surface area contributed by atoms with Gasteiger partial charge in [0.05, 0.1) is 28.1 Å². The Hall–Kier alpha value is -2.31. The molecule has 6 heteroatoms. The van der Waals surface area contributed by atoms with Crippen LogP contribution in [0.1, 0.15) is 40.9 Å². The van der Waals surface area contributed by atoms with E-state index in [-0.39, 0.29) is 12.3 Å². The number of hydrogen-bond donors (Lipinski definition) is 0. The summed E-state index contributed by atoms with van der Waals surface area (Å²) in [5, 5.41) is 11.3. The van der Waals surface area contributed by atoms with Gasteiger partial charge in [0.15, 0.2) is 11.5 Å². The van der Waals surface area contributed by atoms with E-state index in [4.69, 9.17) is 14.6 Å². The average molecular weight is 383 g/mol. The Morgan fingerprint density at radius 3 is 2.81 bits per heavy atom. The molecule has 0 radical (unpaired) electrons. The monoisotopic (exact) mass is 382 g/mol. The lowest BCUT2D eigenvalue weighted by Gasteiger charge is -2.38. The molecule has 0 spiro atoms. The normalized spacial score (nSPS) is 21.0. The average Bonchev–Trinajstić information content (AvgIpc) is 3.41. The van der Waals surface area contributed by atoms with Crippen molar-refractivity contribution in [2.24, 2.45) is 5.10 Å². The van der Waals surface area contributed by atoms with E-state index in [2.05, 4.69) is 46.1 Å². The third kappa shape index (κ3) is 2.52. The van der Waals surface area contributed by atoms with Crippen molar-refractivity contribution >= 4 is 28.4 Å².